The minimum absolute atomic E-state index is 0.479. The Kier molecular flexibility index (Phi) is 5.64. The third-order valence-corrected chi connectivity index (χ3v) is 4.14. The lowest BCUT2D eigenvalue weighted by molar-refractivity contribution is 0.412. The molecule has 2 rings (SSSR count). The maximum atomic E-state index is 5.38. The van der Waals surface area contributed by atoms with Crippen LogP contribution in [0.4, 0.5) is 0 Å². The van der Waals surface area contributed by atoms with Gasteiger partial charge in [0.1, 0.15) is 0 Å². The van der Waals surface area contributed by atoms with Crippen molar-refractivity contribution in [1.29, 1.82) is 0 Å². The summed E-state index contributed by atoms with van der Waals surface area (Å²) in [5.41, 5.74) is 1.36. The van der Waals surface area contributed by atoms with Crippen molar-refractivity contribution in [3.8, 4) is 0 Å². The van der Waals surface area contributed by atoms with Gasteiger partial charge in [-0.15, -0.1) is 0 Å². The van der Waals surface area contributed by atoms with E-state index in [-0.39, 0.29) is 0 Å². The molecule has 1 aliphatic rings. The molecule has 0 unspecified atom stereocenters. The Morgan fingerprint density at radius 1 is 1.21 bits per heavy atom. The van der Waals surface area contributed by atoms with E-state index >= 15 is 0 Å². The van der Waals surface area contributed by atoms with Gasteiger partial charge in [0.25, 0.3) is 0 Å². The van der Waals surface area contributed by atoms with Crippen LogP contribution in [0.15, 0.2) is 30.3 Å². The number of thiocarbonyl (C=S) groups is 1. The van der Waals surface area contributed by atoms with E-state index in [9.17, 15) is 0 Å². The zero-order chi connectivity index (χ0) is 13.5. The summed E-state index contributed by atoms with van der Waals surface area (Å²) in [4.78, 5) is 0. The van der Waals surface area contributed by atoms with Gasteiger partial charge in [0.05, 0.1) is 0 Å². The molecule has 0 bridgehead atoms. The van der Waals surface area contributed by atoms with Gasteiger partial charge in [-0.3, -0.25) is 0 Å². The quantitative estimate of drug-likeness (QED) is 0.822. The SMILES string of the molecule is C[C@H](CNC(=S)NC1CCCCC1)c1ccccc1. The van der Waals surface area contributed by atoms with Crippen molar-refractivity contribution in [3.05, 3.63) is 35.9 Å². The fraction of sp³-hybridized carbons (Fsp3) is 0.562. The van der Waals surface area contributed by atoms with Crippen LogP contribution in [0, 0.1) is 0 Å². The summed E-state index contributed by atoms with van der Waals surface area (Å²) in [6, 6.07) is 11.2. The first-order valence-electron chi connectivity index (χ1n) is 7.35. The lowest BCUT2D eigenvalue weighted by Gasteiger charge is -2.25. The second kappa shape index (κ2) is 7.49. The highest BCUT2D eigenvalue weighted by Gasteiger charge is 2.14. The molecule has 1 aromatic rings. The monoisotopic (exact) mass is 276 g/mol. The fourth-order valence-corrected chi connectivity index (χ4v) is 2.88. The molecule has 0 aromatic heterocycles. The van der Waals surface area contributed by atoms with E-state index < -0.39 is 0 Å². The maximum absolute atomic E-state index is 5.38. The summed E-state index contributed by atoms with van der Waals surface area (Å²) in [5, 5.41) is 7.61. The molecular weight excluding hydrogens is 252 g/mol. The molecular formula is C16H24N2S. The molecule has 1 aliphatic carbocycles. The zero-order valence-electron chi connectivity index (χ0n) is 11.7. The molecule has 1 saturated carbocycles. The van der Waals surface area contributed by atoms with E-state index in [1.807, 2.05) is 0 Å². The van der Waals surface area contributed by atoms with Crippen LogP contribution in [0.3, 0.4) is 0 Å². The summed E-state index contributed by atoms with van der Waals surface area (Å²) in [7, 11) is 0. The minimum atomic E-state index is 0.479. The molecule has 3 heteroatoms. The Bertz CT molecular complexity index is 385. The Hall–Kier alpha value is -1.09. The van der Waals surface area contributed by atoms with Crippen molar-refractivity contribution in [2.45, 2.75) is 51.0 Å². The molecule has 1 fully saturated rings. The smallest absolute Gasteiger partial charge is 0.166 e. The van der Waals surface area contributed by atoms with Crippen LogP contribution in [0.5, 0.6) is 0 Å². The second-order valence-corrected chi connectivity index (χ2v) is 5.91. The van der Waals surface area contributed by atoms with Crippen LogP contribution in [-0.4, -0.2) is 17.7 Å². The van der Waals surface area contributed by atoms with Gasteiger partial charge < -0.3 is 10.6 Å². The third-order valence-electron chi connectivity index (χ3n) is 3.88. The van der Waals surface area contributed by atoms with Crippen molar-refractivity contribution in [1.82, 2.24) is 10.6 Å². The predicted octanol–water partition coefficient (Wildman–Crippen LogP) is 3.59. The fourth-order valence-electron chi connectivity index (χ4n) is 2.63. The average Bonchev–Trinajstić information content (AvgIpc) is 2.47. The topological polar surface area (TPSA) is 24.1 Å². The molecule has 2 nitrogen and oxygen atoms in total. The minimum Gasteiger partial charge on any atom is -0.362 e. The van der Waals surface area contributed by atoms with Crippen molar-refractivity contribution < 1.29 is 0 Å². The van der Waals surface area contributed by atoms with Crippen LogP contribution < -0.4 is 10.6 Å². The molecule has 19 heavy (non-hydrogen) atoms. The Morgan fingerprint density at radius 2 is 1.89 bits per heavy atom. The molecule has 1 aromatic carbocycles. The van der Waals surface area contributed by atoms with Crippen molar-refractivity contribution in [2.75, 3.05) is 6.54 Å². The van der Waals surface area contributed by atoms with E-state index in [2.05, 4.69) is 47.9 Å². The third kappa shape index (κ3) is 4.83. The lowest BCUT2D eigenvalue weighted by Crippen LogP contribution is -2.43. The number of nitrogens with one attached hydrogen (secondary N) is 2. The zero-order valence-corrected chi connectivity index (χ0v) is 12.5. The van der Waals surface area contributed by atoms with E-state index in [0.29, 0.717) is 12.0 Å². The van der Waals surface area contributed by atoms with Crippen LogP contribution in [0.25, 0.3) is 0 Å². The molecule has 0 saturated heterocycles. The van der Waals surface area contributed by atoms with Crippen LogP contribution >= 0.6 is 12.2 Å². The first-order valence-corrected chi connectivity index (χ1v) is 7.76. The first-order chi connectivity index (χ1) is 9.25. The van der Waals surface area contributed by atoms with E-state index in [0.717, 1.165) is 11.7 Å². The normalized spacial score (nSPS) is 17.7. The van der Waals surface area contributed by atoms with Gasteiger partial charge in [0.15, 0.2) is 5.11 Å². The van der Waals surface area contributed by atoms with Gasteiger partial charge in [-0.05, 0) is 36.5 Å². The first kappa shape index (κ1) is 14.3. The summed E-state index contributed by atoms with van der Waals surface area (Å²) >= 11 is 5.38. The second-order valence-electron chi connectivity index (χ2n) is 5.50. The van der Waals surface area contributed by atoms with Gasteiger partial charge in [-0.2, -0.15) is 0 Å². The van der Waals surface area contributed by atoms with Gasteiger partial charge in [0, 0.05) is 12.6 Å². The molecule has 0 amide bonds. The molecule has 2 N–H and O–H groups in total. The van der Waals surface area contributed by atoms with Crippen LogP contribution in [0.1, 0.15) is 50.5 Å². The standard InChI is InChI=1S/C16H24N2S/c1-13(14-8-4-2-5-9-14)12-17-16(19)18-15-10-6-3-7-11-15/h2,4-5,8-9,13,15H,3,6-7,10-12H2,1H3,(H2,17,18,19)/t13-/m1/s1. The summed E-state index contributed by atoms with van der Waals surface area (Å²) in [5.74, 6) is 0.479. The largest absolute Gasteiger partial charge is 0.362 e. The van der Waals surface area contributed by atoms with E-state index in [1.54, 1.807) is 0 Å². The highest BCUT2D eigenvalue weighted by Crippen LogP contribution is 2.17. The average molecular weight is 276 g/mol. The molecule has 0 spiro atoms. The summed E-state index contributed by atoms with van der Waals surface area (Å²) in [6.07, 6.45) is 6.57. The summed E-state index contributed by atoms with van der Waals surface area (Å²) in [6.45, 7) is 3.12. The molecule has 0 heterocycles. The highest BCUT2D eigenvalue weighted by atomic mass is 32.1. The molecule has 104 valence electrons. The van der Waals surface area contributed by atoms with E-state index in [1.165, 1.54) is 37.7 Å². The van der Waals surface area contributed by atoms with Crippen molar-refractivity contribution in [2.24, 2.45) is 0 Å². The predicted molar refractivity (Wildman–Crippen MR) is 85.5 cm³/mol. The number of rotatable bonds is 4. The molecule has 0 aliphatic heterocycles. The van der Waals surface area contributed by atoms with Gasteiger partial charge in [-0.25, -0.2) is 0 Å². The van der Waals surface area contributed by atoms with Gasteiger partial charge >= 0.3 is 0 Å². The Morgan fingerprint density at radius 3 is 2.58 bits per heavy atom. The highest BCUT2D eigenvalue weighted by molar-refractivity contribution is 7.80. The number of hydrogen-bond acceptors (Lipinski definition) is 1. The number of benzene rings is 1. The summed E-state index contributed by atoms with van der Waals surface area (Å²) < 4.78 is 0. The van der Waals surface area contributed by atoms with Gasteiger partial charge in [-0.1, -0.05) is 56.5 Å². The molecule has 0 radical (unpaired) electrons. The van der Waals surface area contributed by atoms with Crippen molar-refractivity contribution in [3.63, 3.8) is 0 Å². The van der Waals surface area contributed by atoms with Gasteiger partial charge in [0.2, 0.25) is 0 Å². The maximum Gasteiger partial charge on any atom is 0.166 e. The van der Waals surface area contributed by atoms with E-state index in [4.69, 9.17) is 12.2 Å². The Labute approximate surface area is 122 Å². The molecule has 1 atom stereocenters. The lowest BCUT2D eigenvalue weighted by atomic mass is 9.96. The van der Waals surface area contributed by atoms with Crippen molar-refractivity contribution >= 4 is 17.3 Å². The van der Waals surface area contributed by atoms with Crippen LogP contribution in [-0.2, 0) is 0 Å². The van der Waals surface area contributed by atoms with Crippen LogP contribution in [0.2, 0.25) is 0 Å². The number of hydrogen-bond donors (Lipinski definition) is 2. The Balaban J connectivity index is 1.71.